The highest BCUT2D eigenvalue weighted by molar-refractivity contribution is 5.76. The van der Waals surface area contributed by atoms with Gasteiger partial charge in [-0.1, -0.05) is 72.8 Å². The third-order valence-corrected chi connectivity index (χ3v) is 5.46. The lowest BCUT2D eigenvalue weighted by Gasteiger charge is -2.40. The summed E-state index contributed by atoms with van der Waals surface area (Å²) < 4.78 is 0. The molecule has 0 heteroatoms. The van der Waals surface area contributed by atoms with Crippen LogP contribution < -0.4 is 0 Å². The maximum absolute atomic E-state index is 2.34. The maximum atomic E-state index is 2.34. The molecule has 2 aliphatic rings. The van der Waals surface area contributed by atoms with Gasteiger partial charge in [0.1, 0.15) is 0 Å². The van der Waals surface area contributed by atoms with E-state index < -0.39 is 0 Å². The van der Waals surface area contributed by atoms with Crippen LogP contribution in [-0.2, 0) is 6.42 Å². The smallest absolute Gasteiger partial charge is 0.0167 e. The lowest BCUT2D eigenvalue weighted by molar-refractivity contribution is 0.519. The third kappa shape index (κ3) is 1.58. The molecule has 0 spiro atoms. The molecule has 0 amide bonds. The van der Waals surface area contributed by atoms with Gasteiger partial charge >= 0.3 is 0 Å². The zero-order valence-corrected chi connectivity index (χ0v) is 12.5. The minimum atomic E-state index is 0.524. The summed E-state index contributed by atoms with van der Waals surface area (Å²) in [5, 5.41) is 0. The van der Waals surface area contributed by atoms with Gasteiger partial charge in [-0.05, 0) is 52.1 Å². The van der Waals surface area contributed by atoms with Gasteiger partial charge in [0.25, 0.3) is 0 Å². The molecule has 106 valence electrons. The lowest BCUT2D eigenvalue weighted by Crippen LogP contribution is -2.24. The molecular formula is C22H18. The summed E-state index contributed by atoms with van der Waals surface area (Å²) in [7, 11) is 0. The van der Waals surface area contributed by atoms with Crippen molar-refractivity contribution in [2.75, 3.05) is 0 Å². The Labute approximate surface area is 131 Å². The molecule has 5 rings (SSSR count). The zero-order chi connectivity index (χ0) is 14.5. The molecule has 0 bridgehead atoms. The van der Waals surface area contributed by atoms with Crippen molar-refractivity contribution in [1.82, 2.24) is 0 Å². The van der Waals surface area contributed by atoms with Gasteiger partial charge in [-0.25, -0.2) is 0 Å². The molecule has 0 aromatic heterocycles. The van der Waals surface area contributed by atoms with E-state index in [0.29, 0.717) is 11.8 Å². The highest BCUT2D eigenvalue weighted by atomic mass is 14.4. The van der Waals surface area contributed by atoms with Crippen LogP contribution in [0.3, 0.4) is 0 Å². The molecule has 3 aromatic rings. The van der Waals surface area contributed by atoms with Crippen LogP contribution in [0.2, 0.25) is 0 Å². The number of aryl methyl sites for hydroxylation is 1. The molecule has 0 radical (unpaired) electrons. The highest BCUT2D eigenvalue weighted by Crippen LogP contribution is 2.53. The van der Waals surface area contributed by atoms with E-state index in [1.165, 1.54) is 35.1 Å². The average Bonchev–Trinajstić information content (AvgIpc) is 2.61. The van der Waals surface area contributed by atoms with E-state index in [1.807, 2.05) is 0 Å². The molecular weight excluding hydrogens is 264 g/mol. The first-order chi connectivity index (χ1) is 10.9. The Morgan fingerprint density at radius 3 is 2.00 bits per heavy atom. The summed E-state index contributed by atoms with van der Waals surface area (Å²) in [6.45, 7) is 0. The van der Waals surface area contributed by atoms with Crippen molar-refractivity contribution < 1.29 is 0 Å². The summed E-state index contributed by atoms with van der Waals surface area (Å²) in [6.07, 6.45) is 2.46. The van der Waals surface area contributed by atoms with Gasteiger partial charge in [-0.3, -0.25) is 0 Å². The topological polar surface area (TPSA) is 0 Å². The van der Waals surface area contributed by atoms with Crippen LogP contribution in [0.1, 0.15) is 40.5 Å². The van der Waals surface area contributed by atoms with E-state index in [0.717, 1.165) is 0 Å². The van der Waals surface area contributed by atoms with Crippen molar-refractivity contribution in [2.45, 2.75) is 24.7 Å². The third-order valence-electron chi connectivity index (χ3n) is 5.46. The van der Waals surface area contributed by atoms with E-state index in [1.54, 1.807) is 11.1 Å². The van der Waals surface area contributed by atoms with Crippen LogP contribution in [0.4, 0.5) is 0 Å². The van der Waals surface area contributed by atoms with Crippen LogP contribution in [0, 0.1) is 0 Å². The van der Waals surface area contributed by atoms with Crippen molar-refractivity contribution in [3.63, 3.8) is 0 Å². The fourth-order valence-electron chi connectivity index (χ4n) is 4.56. The summed E-state index contributed by atoms with van der Waals surface area (Å²) >= 11 is 0. The Balaban J connectivity index is 1.83. The number of hydrogen-bond acceptors (Lipinski definition) is 0. The Morgan fingerprint density at radius 2 is 1.18 bits per heavy atom. The van der Waals surface area contributed by atoms with Crippen molar-refractivity contribution in [1.29, 1.82) is 0 Å². The van der Waals surface area contributed by atoms with Gasteiger partial charge in [0, 0.05) is 5.92 Å². The molecule has 0 fully saturated rings. The van der Waals surface area contributed by atoms with Gasteiger partial charge in [-0.2, -0.15) is 0 Å². The maximum Gasteiger partial charge on any atom is 0.0167 e. The predicted octanol–water partition coefficient (Wildman–Crippen LogP) is 5.53. The quantitative estimate of drug-likeness (QED) is 0.508. The predicted molar refractivity (Wildman–Crippen MR) is 91.2 cm³/mol. The van der Waals surface area contributed by atoms with Gasteiger partial charge in [-0.15, -0.1) is 0 Å². The van der Waals surface area contributed by atoms with Crippen molar-refractivity contribution in [2.24, 2.45) is 0 Å². The number of fused-ring (bicyclic) bond motifs is 8. The molecule has 0 aliphatic heterocycles. The van der Waals surface area contributed by atoms with Gasteiger partial charge in [0.05, 0.1) is 0 Å². The number of hydrogen-bond donors (Lipinski definition) is 0. The fourth-order valence-corrected chi connectivity index (χ4v) is 4.56. The molecule has 0 unspecified atom stereocenters. The Kier molecular flexibility index (Phi) is 2.54. The van der Waals surface area contributed by atoms with E-state index in [2.05, 4.69) is 72.8 Å². The minimum Gasteiger partial charge on any atom is -0.0620 e. The Bertz CT molecular complexity index is 859. The van der Waals surface area contributed by atoms with E-state index in [4.69, 9.17) is 0 Å². The second-order valence-electron chi connectivity index (χ2n) is 6.50. The van der Waals surface area contributed by atoms with Crippen LogP contribution in [-0.4, -0.2) is 0 Å². The van der Waals surface area contributed by atoms with Crippen LogP contribution in [0.5, 0.6) is 0 Å². The monoisotopic (exact) mass is 282 g/mol. The second-order valence-corrected chi connectivity index (χ2v) is 6.50. The standard InChI is InChI=1S/C22H18/c1-2-8-16-15(7-1)13-14-21-19-11-4-3-9-17(19)18-10-5-6-12-20(18)22(16)21/h1-12,21-22H,13-14H2/t21-,22+/m0/s1. The minimum absolute atomic E-state index is 0.524. The van der Waals surface area contributed by atoms with Crippen LogP contribution in [0.15, 0.2) is 72.8 Å². The van der Waals surface area contributed by atoms with Crippen LogP contribution in [0.25, 0.3) is 11.1 Å². The molecule has 3 aromatic carbocycles. The molecule has 2 aliphatic carbocycles. The molecule has 0 N–H and O–H groups in total. The second kappa shape index (κ2) is 4.58. The number of rotatable bonds is 0. The highest BCUT2D eigenvalue weighted by Gasteiger charge is 2.37. The Hall–Kier alpha value is -2.34. The van der Waals surface area contributed by atoms with E-state index >= 15 is 0 Å². The lowest BCUT2D eigenvalue weighted by atomic mass is 9.63. The average molecular weight is 282 g/mol. The van der Waals surface area contributed by atoms with E-state index in [-0.39, 0.29) is 0 Å². The largest absolute Gasteiger partial charge is 0.0620 e. The first-order valence-corrected chi connectivity index (χ1v) is 8.19. The van der Waals surface area contributed by atoms with Gasteiger partial charge in [0.2, 0.25) is 0 Å². The summed E-state index contributed by atoms with van der Waals surface area (Å²) in [6, 6.07) is 27.1. The van der Waals surface area contributed by atoms with E-state index in [9.17, 15) is 0 Å². The first kappa shape index (κ1) is 12.2. The van der Waals surface area contributed by atoms with Crippen LogP contribution >= 0.6 is 0 Å². The fraction of sp³-hybridized carbons (Fsp3) is 0.182. The molecule has 0 saturated heterocycles. The summed E-state index contributed by atoms with van der Waals surface area (Å²) in [5.74, 6) is 1.15. The molecule has 0 saturated carbocycles. The molecule has 2 atom stereocenters. The molecule has 0 heterocycles. The summed E-state index contributed by atoms with van der Waals surface area (Å²) in [5.41, 5.74) is 9.01. The summed E-state index contributed by atoms with van der Waals surface area (Å²) in [4.78, 5) is 0. The Morgan fingerprint density at radius 1 is 0.591 bits per heavy atom. The van der Waals surface area contributed by atoms with Crippen molar-refractivity contribution in [3.8, 4) is 11.1 Å². The van der Waals surface area contributed by atoms with Crippen molar-refractivity contribution in [3.05, 3.63) is 95.1 Å². The molecule has 22 heavy (non-hydrogen) atoms. The number of benzene rings is 3. The SMILES string of the molecule is c1ccc2c(c1)CC[C@H]1c3ccccc3-c3ccccc3[C@@H]21. The molecule has 0 nitrogen and oxygen atoms in total. The van der Waals surface area contributed by atoms with Gasteiger partial charge < -0.3 is 0 Å². The van der Waals surface area contributed by atoms with Gasteiger partial charge in [0.15, 0.2) is 0 Å². The zero-order valence-electron chi connectivity index (χ0n) is 12.5. The van der Waals surface area contributed by atoms with Crippen molar-refractivity contribution >= 4 is 0 Å². The normalized spacial score (nSPS) is 21.3. The first-order valence-electron chi connectivity index (χ1n) is 8.19.